The van der Waals surface area contributed by atoms with Gasteiger partial charge in [-0.2, -0.15) is 13.2 Å². The number of carbonyl (C=O) groups excluding carboxylic acids is 2. The van der Waals surface area contributed by atoms with E-state index in [4.69, 9.17) is 5.11 Å². The number of carbonyl (C=O) groups is 3. The minimum absolute atomic E-state index is 0.246. The zero-order valence-corrected chi connectivity index (χ0v) is 17.5. The Morgan fingerprint density at radius 3 is 2.33 bits per heavy atom. The molecular formula is C19H16F4N2O7S. The first-order chi connectivity index (χ1) is 15.3. The van der Waals surface area contributed by atoms with E-state index < -0.39 is 74.0 Å². The number of sulfonamides is 1. The molecule has 14 heteroatoms. The van der Waals surface area contributed by atoms with Gasteiger partial charge in [-0.15, -0.1) is 0 Å². The molecule has 0 bridgehead atoms. The number of alkyl halides is 3. The number of methoxy groups -OCH3 is 1. The van der Waals surface area contributed by atoms with E-state index in [0.29, 0.717) is 6.07 Å². The number of nitrogens with one attached hydrogen (secondary N) is 2. The number of esters is 1. The molecule has 3 N–H and O–H groups in total. The molecule has 0 saturated carbocycles. The fourth-order valence-electron chi connectivity index (χ4n) is 2.65. The van der Waals surface area contributed by atoms with Gasteiger partial charge in [0.15, 0.2) is 0 Å². The predicted octanol–water partition coefficient (Wildman–Crippen LogP) is 2.39. The van der Waals surface area contributed by atoms with Gasteiger partial charge in [0.1, 0.15) is 16.8 Å². The Kier molecular flexibility index (Phi) is 7.64. The molecule has 9 nitrogen and oxygen atoms in total. The summed E-state index contributed by atoms with van der Waals surface area (Å²) >= 11 is 0. The van der Waals surface area contributed by atoms with Crippen LogP contribution >= 0.6 is 0 Å². The Hall–Kier alpha value is -3.68. The number of aliphatic carboxylic acids is 1. The van der Waals surface area contributed by atoms with Crippen LogP contribution in [0.3, 0.4) is 0 Å². The lowest BCUT2D eigenvalue weighted by Crippen LogP contribution is -2.43. The summed E-state index contributed by atoms with van der Waals surface area (Å²) in [5, 5.41) is 10.9. The number of ether oxygens (including phenoxy) is 1. The summed E-state index contributed by atoms with van der Waals surface area (Å²) < 4.78 is 84.0. The molecule has 0 fully saturated rings. The summed E-state index contributed by atoms with van der Waals surface area (Å²) in [6, 6.07) is 4.24. The second-order valence-corrected chi connectivity index (χ2v) is 8.09. The van der Waals surface area contributed by atoms with E-state index in [-0.39, 0.29) is 6.07 Å². The summed E-state index contributed by atoms with van der Waals surface area (Å²) in [6.45, 7) is 0. The van der Waals surface area contributed by atoms with Gasteiger partial charge in [0, 0.05) is 5.69 Å². The molecule has 0 aliphatic carbocycles. The second-order valence-electron chi connectivity index (χ2n) is 6.44. The molecule has 33 heavy (non-hydrogen) atoms. The topological polar surface area (TPSA) is 139 Å². The van der Waals surface area contributed by atoms with E-state index in [1.807, 2.05) is 10.0 Å². The Morgan fingerprint density at radius 1 is 1.12 bits per heavy atom. The van der Waals surface area contributed by atoms with Gasteiger partial charge >= 0.3 is 18.1 Å². The molecule has 0 aromatic heterocycles. The molecule has 1 amide bonds. The molecular weight excluding hydrogens is 476 g/mol. The number of carboxylic acids is 1. The van der Waals surface area contributed by atoms with Gasteiger partial charge in [-0.3, -0.25) is 14.3 Å². The van der Waals surface area contributed by atoms with Crippen LogP contribution < -0.4 is 10.0 Å². The van der Waals surface area contributed by atoms with Crippen LogP contribution in [-0.2, 0) is 30.5 Å². The van der Waals surface area contributed by atoms with Crippen molar-refractivity contribution in [2.45, 2.75) is 23.5 Å². The summed E-state index contributed by atoms with van der Waals surface area (Å²) in [6.07, 6.45) is -5.95. The number of hydrogen-bond acceptors (Lipinski definition) is 6. The third-order valence-electron chi connectivity index (χ3n) is 4.11. The van der Waals surface area contributed by atoms with Crippen LogP contribution in [0.5, 0.6) is 0 Å². The molecule has 2 aromatic rings. The predicted molar refractivity (Wildman–Crippen MR) is 104 cm³/mol. The van der Waals surface area contributed by atoms with Gasteiger partial charge < -0.3 is 15.2 Å². The number of halogens is 4. The highest BCUT2D eigenvalue weighted by atomic mass is 32.2. The van der Waals surface area contributed by atoms with E-state index in [0.717, 1.165) is 25.3 Å². The lowest BCUT2D eigenvalue weighted by Gasteiger charge is -2.17. The van der Waals surface area contributed by atoms with Crippen molar-refractivity contribution in [3.8, 4) is 0 Å². The van der Waals surface area contributed by atoms with Gasteiger partial charge in [-0.1, -0.05) is 12.1 Å². The highest BCUT2D eigenvalue weighted by Crippen LogP contribution is 2.33. The molecule has 0 radical (unpaired) electrons. The number of amides is 1. The molecule has 2 aromatic carbocycles. The first kappa shape index (κ1) is 25.6. The molecule has 0 heterocycles. The zero-order chi connectivity index (χ0) is 25.0. The van der Waals surface area contributed by atoms with Crippen LogP contribution in [0.25, 0.3) is 0 Å². The van der Waals surface area contributed by atoms with E-state index in [9.17, 15) is 40.4 Å². The quantitative estimate of drug-likeness (QED) is 0.380. The average molecular weight is 492 g/mol. The number of carboxylic acid groups (broad SMARTS) is 1. The minimum atomic E-state index is -5.09. The van der Waals surface area contributed by atoms with Crippen molar-refractivity contribution in [1.29, 1.82) is 0 Å². The van der Waals surface area contributed by atoms with Crippen molar-refractivity contribution in [1.82, 2.24) is 5.32 Å². The maximum atomic E-state index is 13.5. The molecule has 0 saturated heterocycles. The van der Waals surface area contributed by atoms with Crippen molar-refractivity contribution in [2.24, 2.45) is 0 Å². The van der Waals surface area contributed by atoms with Crippen LogP contribution in [0.2, 0.25) is 0 Å². The molecule has 178 valence electrons. The summed E-state index contributed by atoms with van der Waals surface area (Å²) in [7, 11) is -3.73. The van der Waals surface area contributed by atoms with E-state index in [1.54, 1.807) is 0 Å². The van der Waals surface area contributed by atoms with E-state index in [2.05, 4.69) is 4.74 Å². The summed E-state index contributed by atoms with van der Waals surface area (Å²) in [4.78, 5) is 34.6. The SMILES string of the molecule is COC(=O)C(CC(=O)O)NC(=O)c1ccccc1S(=O)(=O)Nc1ccc(F)c(C(F)(F)F)c1. The molecule has 0 aliphatic rings. The maximum Gasteiger partial charge on any atom is 0.419 e. The van der Waals surface area contributed by atoms with Crippen LogP contribution in [0.4, 0.5) is 23.2 Å². The second kappa shape index (κ2) is 9.85. The summed E-state index contributed by atoms with van der Waals surface area (Å²) in [5.74, 6) is -5.33. The molecule has 1 unspecified atom stereocenters. The van der Waals surface area contributed by atoms with Crippen molar-refractivity contribution in [3.05, 3.63) is 59.4 Å². The Labute approximate surface area is 184 Å². The zero-order valence-electron chi connectivity index (χ0n) is 16.6. The van der Waals surface area contributed by atoms with Crippen molar-refractivity contribution in [2.75, 3.05) is 11.8 Å². The lowest BCUT2D eigenvalue weighted by molar-refractivity contribution is -0.147. The highest BCUT2D eigenvalue weighted by molar-refractivity contribution is 7.92. The maximum absolute atomic E-state index is 13.5. The third-order valence-corrected chi connectivity index (χ3v) is 5.55. The fraction of sp³-hybridized carbons (Fsp3) is 0.211. The molecule has 0 aliphatic heterocycles. The smallest absolute Gasteiger partial charge is 0.419 e. The summed E-state index contributed by atoms with van der Waals surface area (Å²) in [5.41, 5.74) is -2.87. The van der Waals surface area contributed by atoms with E-state index >= 15 is 0 Å². The minimum Gasteiger partial charge on any atom is -0.481 e. The number of hydrogen-bond donors (Lipinski definition) is 3. The van der Waals surface area contributed by atoms with Crippen molar-refractivity contribution < 1.29 is 50.2 Å². The number of rotatable bonds is 8. The van der Waals surface area contributed by atoms with Gasteiger partial charge in [0.05, 0.1) is 24.7 Å². The van der Waals surface area contributed by atoms with Crippen LogP contribution in [0, 0.1) is 5.82 Å². The first-order valence-electron chi connectivity index (χ1n) is 8.85. The van der Waals surface area contributed by atoms with Gasteiger partial charge in [-0.05, 0) is 30.3 Å². The average Bonchev–Trinajstić information content (AvgIpc) is 2.72. The lowest BCUT2D eigenvalue weighted by atomic mass is 10.1. The van der Waals surface area contributed by atoms with E-state index in [1.165, 1.54) is 12.1 Å². The largest absolute Gasteiger partial charge is 0.481 e. The van der Waals surface area contributed by atoms with Crippen LogP contribution in [0.1, 0.15) is 22.3 Å². The van der Waals surface area contributed by atoms with Gasteiger partial charge in [-0.25, -0.2) is 17.6 Å². The van der Waals surface area contributed by atoms with Crippen molar-refractivity contribution in [3.63, 3.8) is 0 Å². The third kappa shape index (κ3) is 6.41. The number of anilines is 1. The monoisotopic (exact) mass is 492 g/mol. The van der Waals surface area contributed by atoms with Gasteiger partial charge in [0.2, 0.25) is 0 Å². The van der Waals surface area contributed by atoms with Crippen LogP contribution in [-0.4, -0.2) is 44.5 Å². The first-order valence-corrected chi connectivity index (χ1v) is 10.3. The standard InChI is InChI=1S/C19H16F4N2O7S/c1-32-18(29)14(9-16(26)27)24-17(28)11-4-2-3-5-15(11)33(30,31)25-10-6-7-13(20)12(8-10)19(21,22)23/h2-8,14,25H,9H2,1H3,(H,24,28)(H,26,27). The van der Waals surface area contributed by atoms with Gasteiger partial charge in [0.25, 0.3) is 15.9 Å². The number of benzene rings is 2. The normalized spacial score (nSPS) is 12.5. The Morgan fingerprint density at radius 2 is 1.76 bits per heavy atom. The molecule has 0 spiro atoms. The molecule has 2 rings (SSSR count). The van der Waals surface area contributed by atoms with Crippen molar-refractivity contribution >= 4 is 33.6 Å². The highest BCUT2D eigenvalue weighted by Gasteiger charge is 2.35. The Balaban J connectivity index is 2.40. The Bertz CT molecular complexity index is 1180. The fourth-order valence-corrected chi connectivity index (χ4v) is 3.91. The van der Waals surface area contributed by atoms with Crippen LogP contribution in [0.15, 0.2) is 47.4 Å². The molecule has 1 atom stereocenters.